The predicted octanol–water partition coefficient (Wildman–Crippen LogP) is 4.80. The Labute approximate surface area is 182 Å². The predicted molar refractivity (Wildman–Crippen MR) is 121 cm³/mol. The van der Waals surface area contributed by atoms with Gasteiger partial charge in [-0.1, -0.05) is 58.0 Å². The zero-order valence-electron chi connectivity index (χ0n) is 15.8. The lowest BCUT2D eigenvalue weighted by Crippen LogP contribution is -2.31. The van der Waals surface area contributed by atoms with Crippen LogP contribution in [0.2, 0.25) is 0 Å². The Balaban J connectivity index is 1.77. The van der Waals surface area contributed by atoms with Crippen LogP contribution < -0.4 is 4.74 Å². The molecule has 0 atom stereocenters. The first-order valence-electron chi connectivity index (χ1n) is 8.80. The van der Waals surface area contributed by atoms with Gasteiger partial charge in [0.05, 0.1) is 12.9 Å². The number of methoxy groups -OCH3 is 1. The molecule has 0 saturated heterocycles. The zero-order chi connectivity index (χ0) is 20.8. The molecule has 148 valence electrons. The maximum Gasteiger partial charge on any atom is 0.278 e. The van der Waals surface area contributed by atoms with Crippen LogP contribution in [0.4, 0.5) is 0 Å². The average Bonchev–Trinajstić information content (AvgIpc) is 3.02. The minimum absolute atomic E-state index is 0.0243. The Bertz CT molecular complexity index is 982. The van der Waals surface area contributed by atoms with Crippen molar-refractivity contribution < 1.29 is 14.3 Å². The molecule has 0 radical (unpaired) electrons. The van der Waals surface area contributed by atoms with Crippen molar-refractivity contribution in [2.45, 2.75) is 0 Å². The van der Waals surface area contributed by atoms with Gasteiger partial charge in [0.2, 0.25) is 0 Å². The van der Waals surface area contributed by atoms with Crippen molar-refractivity contribution in [1.29, 1.82) is 0 Å². The Kier molecular flexibility index (Phi) is 7.06. The quantitative estimate of drug-likeness (QED) is 0.331. The molecule has 1 amide bonds. The number of benzene rings is 2. The lowest BCUT2D eigenvalue weighted by molar-refractivity contribution is -0.122. The molecule has 29 heavy (non-hydrogen) atoms. The Morgan fingerprint density at radius 2 is 1.90 bits per heavy atom. The molecule has 0 fully saturated rings. The van der Waals surface area contributed by atoms with Gasteiger partial charge >= 0.3 is 0 Å². The van der Waals surface area contributed by atoms with Gasteiger partial charge in [-0.25, -0.2) is 4.99 Å². The van der Waals surface area contributed by atoms with Crippen molar-refractivity contribution in [1.82, 2.24) is 4.90 Å². The van der Waals surface area contributed by atoms with E-state index in [2.05, 4.69) is 27.5 Å². The number of ketones is 1. The largest absolute Gasteiger partial charge is 0.497 e. The first-order chi connectivity index (χ1) is 14.0. The van der Waals surface area contributed by atoms with Gasteiger partial charge in [-0.15, -0.1) is 6.58 Å². The molecule has 1 aliphatic heterocycles. The average molecular weight is 471 g/mol. The molecule has 0 spiro atoms. The standard InChI is InChI=1S/C22H19BrN2O3S/c1-3-12-25-21(27)19(13-15-4-10-18(28-2)11-5-15)24-22(25)29-14-20(26)16-6-8-17(23)9-7-16/h3-11,13H,1,12,14H2,2H3/b19-13+. The van der Waals surface area contributed by atoms with E-state index in [-0.39, 0.29) is 17.4 Å². The summed E-state index contributed by atoms with van der Waals surface area (Å²) < 4.78 is 6.07. The summed E-state index contributed by atoms with van der Waals surface area (Å²) in [5.41, 5.74) is 1.79. The third kappa shape index (κ3) is 5.25. The van der Waals surface area contributed by atoms with Gasteiger partial charge in [0.1, 0.15) is 11.4 Å². The number of aliphatic imine (C=N–C) groups is 1. The van der Waals surface area contributed by atoms with E-state index in [4.69, 9.17) is 4.74 Å². The summed E-state index contributed by atoms with van der Waals surface area (Å²) in [7, 11) is 1.60. The lowest BCUT2D eigenvalue weighted by Gasteiger charge is -2.15. The van der Waals surface area contributed by atoms with Gasteiger partial charge in [0.25, 0.3) is 5.91 Å². The number of nitrogens with zero attached hydrogens (tertiary/aromatic N) is 2. The number of ether oxygens (including phenoxy) is 1. The minimum Gasteiger partial charge on any atom is -0.497 e. The van der Waals surface area contributed by atoms with Gasteiger partial charge in [0, 0.05) is 16.6 Å². The van der Waals surface area contributed by atoms with Crippen molar-refractivity contribution in [3.8, 4) is 5.75 Å². The third-order valence-electron chi connectivity index (χ3n) is 4.14. The molecule has 0 saturated carbocycles. The van der Waals surface area contributed by atoms with Crippen molar-refractivity contribution in [2.75, 3.05) is 19.4 Å². The van der Waals surface area contributed by atoms with Crippen molar-refractivity contribution in [3.05, 3.63) is 82.5 Å². The van der Waals surface area contributed by atoms with Crippen LogP contribution in [0, 0.1) is 0 Å². The molecule has 0 unspecified atom stereocenters. The Hall–Kier alpha value is -2.64. The number of hydrogen-bond acceptors (Lipinski definition) is 5. The van der Waals surface area contributed by atoms with Crippen LogP contribution in [-0.2, 0) is 4.79 Å². The normalized spacial score (nSPS) is 14.8. The van der Waals surface area contributed by atoms with E-state index in [1.54, 1.807) is 31.4 Å². The number of carbonyl (C=O) groups is 2. The molecule has 0 aliphatic carbocycles. The second-order valence-electron chi connectivity index (χ2n) is 6.12. The molecule has 0 aromatic heterocycles. The summed E-state index contributed by atoms with van der Waals surface area (Å²) in [5.74, 6) is 0.699. The second-order valence-corrected chi connectivity index (χ2v) is 7.98. The van der Waals surface area contributed by atoms with E-state index in [0.29, 0.717) is 23.0 Å². The number of halogens is 1. The monoisotopic (exact) mass is 470 g/mol. The van der Waals surface area contributed by atoms with Crippen LogP contribution in [-0.4, -0.2) is 41.2 Å². The first kappa shape index (κ1) is 21.1. The maximum atomic E-state index is 12.8. The van der Waals surface area contributed by atoms with E-state index in [1.807, 2.05) is 36.4 Å². The van der Waals surface area contributed by atoms with E-state index in [9.17, 15) is 9.59 Å². The number of amidine groups is 1. The minimum atomic E-state index is -0.209. The topological polar surface area (TPSA) is 59.0 Å². The highest BCUT2D eigenvalue weighted by atomic mass is 79.9. The summed E-state index contributed by atoms with van der Waals surface area (Å²) in [6.07, 6.45) is 3.36. The Morgan fingerprint density at radius 3 is 2.52 bits per heavy atom. The summed E-state index contributed by atoms with van der Waals surface area (Å²) in [4.78, 5) is 31.2. The fourth-order valence-corrected chi connectivity index (χ4v) is 3.81. The SMILES string of the molecule is C=CCN1C(=O)/C(=C\c2ccc(OC)cc2)N=C1SCC(=O)c1ccc(Br)cc1. The molecule has 3 rings (SSSR count). The summed E-state index contributed by atoms with van der Waals surface area (Å²) >= 11 is 4.61. The summed E-state index contributed by atoms with van der Waals surface area (Å²) in [6.45, 7) is 4.04. The zero-order valence-corrected chi connectivity index (χ0v) is 18.2. The van der Waals surface area contributed by atoms with Gasteiger partial charge in [-0.3, -0.25) is 14.5 Å². The number of rotatable bonds is 7. The van der Waals surface area contributed by atoms with Crippen molar-refractivity contribution in [2.24, 2.45) is 4.99 Å². The first-order valence-corrected chi connectivity index (χ1v) is 10.6. The third-order valence-corrected chi connectivity index (χ3v) is 5.65. The van der Waals surface area contributed by atoms with Crippen molar-refractivity contribution >= 4 is 50.6 Å². The number of thioether (sulfide) groups is 1. The van der Waals surface area contributed by atoms with E-state index < -0.39 is 0 Å². The summed E-state index contributed by atoms with van der Waals surface area (Å²) in [6, 6.07) is 14.6. The van der Waals surface area contributed by atoms with E-state index in [1.165, 1.54) is 16.7 Å². The molecule has 1 aliphatic rings. The number of amides is 1. The van der Waals surface area contributed by atoms with E-state index >= 15 is 0 Å². The molecule has 7 heteroatoms. The Morgan fingerprint density at radius 1 is 1.21 bits per heavy atom. The maximum absolute atomic E-state index is 12.8. The molecular formula is C22H19BrN2O3S. The fourth-order valence-electron chi connectivity index (χ4n) is 2.64. The van der Waals surface area contributed by atoms with Crippen LogP contribution in [0.25, 0.3) is 6.08 Å². The molecular weight excluding hydrogens is 452 g/mol. The van der Waals surface area contributed by atoms with Crippen LogP contribution >= 0.6 is 27.7 Å². The smallest absolute Gasteiger partial charge is 0.278 e. The van der Waals surface area contributed by atoms with Gasteiger partial charge in [0.15, 0.2) is 11.0 Å². The van der Waals surface area contributed by atoms with Crippen LogP contribution in [0.3, 0.4) is 0 Å². The number of carbonyl (C=O) groups excluding carboxylic acids is 2. The fraction of sp³-hybridized carbons (Fsp3) is 0.136. The van der Waals surface area contributed by atoms with Gasteiger partial charge in [-0.2, -0.15) is 0 Å². The van der Waals surface area contributed by atoms with Crippen LogP contribution in [0.15, 0.2) is 76.3 Å². The second kappa shape index (κ2) is 9.71. The summed E-state index contributed by atoms with van der Waals surface area (Å²) in [5, 5.41) is 0.500. The number of hydrogen-bond donors (Lipinski definition) is 0. The molecule has 0 bridgehead atoms. The molecule has 5 nitrogen and oxygen atoms in total. The van der Waals surface area contributed by atoms with Gasteiger partial charge in [-0.05, 0) is 35.9 Å². The molecule has 0 N–H and O–H groups in total. The van der Waals surface area contributed by atoms with Crippen LogP contribution in [0.5, 0.6) is 5.75 Å². The highest BCUT2D eigenvalue weighted by molar-refractivity contribution is 9.10. The van der Waals surface area contributed by atoms with Crippen LogP contribution in [0.1, 0.15) is 15.9 Å². The highest BCUT2D eigenvalue weighted by Crippen LogP contribution is 2.25. The number of Topliss-reactive ketones (excluding diaryl/α,β-unsaturated/α-hetero) is 1. The van der Waals surface area contributed by atoms with E-state index in [0.717, 1.165) is 15.8 Å². The van der Waals surface area contributed by atoms with Gasteiger partial charge < -0.3 is 4.74 Å². The molecule has 2 aromatic rings. The highest BCUT2D eigenvalue weighted by Gasteiger charge is 2.30. The lowest BCUT2D eigenvalue weighted by atomic mass is 10.2. The molecule has 2 aromatic carbocycles. The molecule has 1 heterocycles. The van der Waals surface area contributed by atoms with Crippen molar-refractivity contribution in [3.63, 3.8) is 0 Å².